The van der Waals surface area contributed by atoms with Crippen LogP contribution in [-0.4, -0.2) is 37.8 Å². The first-order valence-corrected chi connectivity index (χ1v) is 3.66. The lowest BCUT2D eigenvalue weighted by atomic mass is 10.0. The van der Waals surface area contributed by atoms with Crippen LogP contribution in [0.3, 0.4) is 0 Å². The Labute approximate surface area is 64.6 Å². The molecule has 1 fully saturated rings. The highest BCUT2D eigenvalue weighted by Crippen LogP contribution is 2.14. The number of hydrogen-bond donors (Lipinski definition) is 0. The van der Waals surface area contributed by atoms with E-state index in [2.05, 4.69) is 14.9 Å². The minimum absolute atomic E-state index is 0.223. The second-order valence-corrected chi connectivity index (χ2v) is 2.73. The monoisotopic (exact) mass is 158 g/mol. The van der Waals surface area contributed by atoms with Crippen molar-refractivity contribution in [1.82, 2.24) is 4.90 Å². The molecule has 4 nitrogen and oxygen atoms in total. The number of alkyl halides is 1. The number of rotatable bonds is 4. The highest BCUT2D eigenvalue weighted by atomic mass is 19.1. The fraction of sp³-hybridized carbons (Fsp3) is 1.00. The molecule has 11 heavy (non-hydrogen) atoms. The van der Waals surface area contributed by atoms with Gasteiger partial charge in [0.25, 0.3) is 0 Å². The summed E-state index contributed by atoms with van der Waals surface area (Å²) < 4.78 is 11.9. The molecule has 1 saturated heterocycles. The van der Waals surface area contributed by atoms with Crippen LogP contribution in [0.1, 0.15) is 0 Å². The Kier molecular flexibility index (Phi) is 3.14. The summed E-state index contributed by atoms with van der Waals surface area (Å²) in [5.41, 5.74) is 7.95. The SMILES string of the molecule is [N-]=[N+]=NCCN1CC(CF)C1. The summed E-state index contributed by atoms with van der Waals surface area (Å²) in [7, 11) is 0. The standard InChI is InChI=1S/C6H11FN4/c7-3-6-4-11(5-6)2-1-9-10-8/h6H,1-5H2. The van der Waals surface area contributed by atoms with Crippen molar-refractivity contribution in [3.63, 3.8) is 0 Å². The third kappa shape index (κ3) is 2.37. The van der Waals surface area contributed by atoms with Crippen LogP contribution in [0.25, 0.3) is 10.4 Å². The van der Waals surface area contributed by atoms with Crippen molar-refractivity contribution in [2.24, 2.45) is 11.0 Å². The van der Waals surface area contributed by atoms with E-state index in [4.69, 9.17) is 5.53 Å². The van der Waals surface area contributed by atoms with Crippen LogP contribution in [-0.2, 0) is 0 Å². The lowest BCUT2D eigenvalue weighted by molar-refractivity contribution is 0.0845. The average molecular weight is 158 g/mol. The summed E-state index contributed by atoms with van der Waals surface area (Å²) in [5, 5.41) is 3.39. The maximum Gasteiger partial charge on any atom is 0.0947 e. The number of halogens is 1. The van der Waals surface area contributed by atoms with Crippen LogP contribution in [0.4, 0.5) is 4.39 Å². The van der Waals surface area contributed by atoms with E-state index in [1.54, 1.807) is 0 Å². The Morgan fingerprint density at radius 3 is 2.91 bits per heavy atom. The normalized spacial score (nSPS) is 19.0. The van der Waals surface area contributed by atoms with Crippen LogP contribution in [0, 0.1) is 5.92 Å². The Balaban J connectivity index is 2.00. The average Bonchev–Trinajstić information content (AvgIpc) is 1.94. The number of azide groups is 1. The minimum Gasteiger partial charge on any atom is -0.302 e. The van der Waals surface area contributed by atoms with Gasteiger partial charge in [-0.05, 0) is 5.53 Å². The van der Waals surface area contributed by atoms with Crippen molar-refractivity contribution in [1.29, 1.82) is 0 Å². The molecule has 0 aliphatic carbocycles. The second-order valence-electron chi connectivity index (χ2n) is 2.73. The smallest absolute Gasteiger partial charge is 0.0947 e. The highest BCUT2D eigenvalue weighted by molar-refractivity contribution is 4.79. The third-order valence-electron chi connectivity index (χ3n) is 1.83. The minimum atomic E-state index is -0.224. The molecule has 0 bridgehead atoms. The topological polar surface area (TPSA) is 52.0 Å². The van der Waals surface area contributed by atoms with Crippen molar-refractivity contribution in [2.75, 3.05) is 32.9 Å². The van der Waals surface area contributed by atoms with Gasteiger partial charge in [-0.1, -0.05) is 5.11 Å². The molecule has 1 rings (SSSR count). The van der Waals surface area contributed by atoms with E-state index >= 15 is 0 Å². The van der Waals surface area contributed by atoms with Gasteiger partial charge >= 0.3 is 0 Å². The van der Waals surface area contributed by atoms with E-state index in [0.29, 0.717) is 6.54 Å². The van der Waals surface area contributed by atoms with Crippen molar-refractivity contribution < 1.29 is 4.39 Å². The molecule has 1 aliphatic heterocycles. The fourth-order valence-corrected chi connectivity index (χ4v) is 1.19. The number of nitrogens with zero attached hydrogens (tertiary/aromatic N) is 4. The zero-order valence-electron chi connectivity index (χ0n) is 6.28. The van der Waals surface area contributed by atoms with Gasteiger partial charge in [-0.15, -0.1) is 0 Å². The molecular formula is C6H11FN4. The molecule has 0 aromatic carbocycles. The quantitative estimate of drug-likeness (QED) is 0.344. The molecule has 5 heteroatoms. The number of likely N-dealkylation sites (tertiary alicyclic amines) is 1. The van der Waals surface area contributed by atoms with Gasteiger partial charge < -0.3 is 4.90 Å². The summed E-state index contributed by atoms with van der Waals surface area (Å²) in [6.45, 7) is 2.67. The molecule has 62 valence electrons. The molecule has 1 heterocycles. The summed E-state index contributed by atoms with van der Waals surface area (Å²) in [6, 6.07) is 0. The van der Waals surface area contributed by atoms with Gasteiger partial charge in [0, 0.05) is 37.0 Å². The molecule has 0 amide bonds. The first-order chi connectivity index (χ1) is 5.36. The molecule has 1 aliphatic rings. The van der Waals surface area contributed by atoms with Crippen molar-refractivity contribution >= 4 is 0 Å². The zero-order chi connectivity index (χ0) is 8.10. The van der Waals surface area contributed by atoms with Crippen molar-refractivity contribution in [2.45, 2.75) is 0 Å². The van der Waals surface area contributed by atoms with Gasteiger partial charge in [-0.3, -0.25) is 4.39 Å². The van der Waals surface area contributed by atoms with Crippen LogP contribution < -0.4 is 0 Å². The van der Waals surface area contributed by atoms with Gasteiger partial charge in [-0.2, -0.15) is 0 Å². The molecule has 0 aromatic heterocycles. The van der Waals surface area contributed by atoms with Crippen molar-refractivity contribution in [3.05, 3.63) is 10.4 Å². The molecule has 0 spiro atoms. The highest BCUT2D eigenvalue weighted by Gasteiger charge is 2.25. The maximum atomic E-state index is 11.9. The van der Waals surface area contributed by atoms with Gasteiger partial charge in [0.05, 0.1) is 6.67 Å². The summed E-state index contributed by atoms with van der Waals surface area (Å²) >= 11 is 0. The van der Waals surface area contributed by atoms with Crippen LogP contribution in [0.5, 0.6) is 0 Å². The lowest BCUT2D eigenvalue weighted by Gasteiger charge is -2.37. The molecule has 0 atom stereocenters. The maximum absolute atomic E-state index is 11.9. The molecular weight excluding hydrogens is 147 g/mol. The summed E-state index contributed by atoms with van der Waals surface area (Å²) in [5.74, 6) is 0.223. The Morgan fingerprint density at radius 1 is 1.64 bits per heavy atom. The van der Waals surface area contributed by atoms with Gasteiger partial charge in [-0.25, -0.2) is 0 Å². The Morgan fingerprint density at radius 2 is 2.36 bits per heavy atom. The van der Waals surface area contributed by atoms with E-state index in [9.17, 15) is 4.39 Å². The molecule has 0 unspecified atom stereocenters. The Bertz CT molecular complexity index is 160. The van der Waals surface area contributed by atoms with Gasteiger partial charge in [0.15, 0.2) is 0 Å². The van der Waals surface area contributed by atoms with Gasteiger partial charge in [0.1, 0.15) is 0 Å². The molecule has 0 N–H and O–H groups in total. The summed E-state index contributed by atoms with van der Waals surface area (Å²) in [6.07, 6.45) is 0. The Hall–Kier alpha value is -0.800. The second kappa shape index (κ2) is 4.16. The fourth-order valence-electron chi connectivity index (χ4n) is 1.19. The van der Waals surface area contributed by atoms with E-state index in [1.165, 1.54) is 0 Å². The largest absolute Gasteiger partial charge is 0.302 e. The molecule has 0 aromatic rings. The van der Waals surface area contributed by atoms with E-state index in [1.807, 2.05) is 0 Å². The van der Waals surface area contributed by atoms with Crippen LogP contribution in [0.2, 0.25) is 0 Å². The molecule has 0 radical (unpaired) electrons. The molecule has 0 saturated carbocycles. The lowest BCUT2D eigenvalue weighted by Crippen LogP contribution is -2.48. The van der Waals surface area contributed by atoms with Crippen molar-refractivity contribution in [3.8, 4) is 0 Å². The zero-order valence-corrected chi connectivity index (χ0v) is 6.28. The van der Waals surface area contributed by atoms with Gasteiger partial charge in [0.2, 0.25) is 0 Å². The number of hydrogen-bond acceptors (Lipinski definition) is 2. The van der Waals surface area contributed by atoms with E-state index in [-0.39, 0.29) is 12.6 Å². The first-order valence-electron chi connectivity index (χ1n) is 3.66. The summed E-state index contributed by atoms with van der Waals surface area (Å²) in [4.78, 5) is 4.71. The van der Waals surface area contributed by atoms with Crippen LogP contribution >= 0.6 is 0 Å². The third-order valence-corrected chi connectivity index (χ3v) is 1.83. The predicted octanol–water partition coefficient (Wildman–Crippen LogP) is 1.20. The van der Waals surface area contributed by atoms with E-state index in [0.717, 1.165) is 19.6 Å². The first kappa shape index (κ1) is 8.30. The van der Waals surface area contributed by atoms with Crippen LogP contribution in [0.15, 0.2) is 5.11 Å². The predicted molar refractivity (Wildman–Crippen MR) is 39.9 cm³/mol. The van der Waals surface area contributed by atoms with E-state index < -0.39 is 0 Å².